The number of fused-ring (bicyclic) bond motifs is 3. The number of hydrogen-bond acceptors (Lipinski definition) is 0. The summed E-state index contributed by atoms with van der Waals surface area (Å²) in [5, 5.41) is 0. The number of rotatable bonds is 0. The Hall–Kier alpha value is -0.560. The first-order chi connectivity index (χ1) is 6.77. The highest BCUT2D eigenvalue weighted by molar-refractivity contribution is 9.10. The fourth-order valence-corrected chi connectivity index (χ4v) is 3.46. The summed E-state index contributed by atoms with van der Waals surface area (Å²) in [6.45, 7) is 2.32. The van der Waals surface area contributed by atoms with Crippen LogP contribution >= 0.6 is 15.9 Å². The Morgan fingerprint density at radius 3 is 2.93 bits per heavy atom. The van der Waals surface area contributed by atoms with Crippen molar-refractivity contribution in [2.45, 2.75) is 32.1 Å². The van der Waals surface area contributed by atoms with Gasteiger partial charge in [0, 0.05) is 4.47 Å². The van der Waals surface area contributed by atoms with E-state index in [0.717, 1.165) is 0 Å². The highest BCUT2D eigenvalue weighted by atomic mass is 79.9. The van der Waals surface area contributed by atoms with Gasteiger partial charge in [-0.2, -0.15) is 0 Å². The smallest absolute Gasteiger partial charge is 0.0219 e. The average Bonchev–Trinajstić information content (AvgIpc) is 2.11. The van der Waals surface area contributed by atoms with Crippen LogP contribution in [0.2, 0.25) is 0 Å². The molecule has 0 nitrogen and oxygen atoms in total. The maximum Gasteiger partial charge on any atom is 0.0219 e. The molecule has 1 heteroatoms. The van der Waals surface area contributed by atoms with Gasteiger partial charge in [-0.1, -0.05) is 35.0 Å². The van der Waals surface area contributed by atoms with Crippen LogP contribution in [0.4, 0.5) is 0 Å². The minimum absolute atomic E-state index is 0.676. The molecule has 0 bridgehead atoms. The number of benzene rings is 1. The van der Waals surface area contributed by atoms with Gasteiger partial charge in [-0.3, -0.25) is 0 Å². The Bertz CT molecular complexity index is 429. The van der Waals surface area contributed by atoms with Crippen molar-refractivity contribution in [2.75, 3.05) is 0 Å². The monoisotopic (exact) mass is 248 g/mol. The third-order valence-electron chi connectivity index (χ3n) is 3.47. The lowest BCUT2D eigenvalue weighted by Crippen LogP contribution is -2.15. The molecule has 0 saturated heterocycles. The predicted molar refractivity (Wildman–Crippen MR) is 63.6 cm³/mol. The van der Waals surface area contributed by atoms with Crippen LogP contribution in [0, 0.1) is 0 Å². The van der Waals surface area contributed by atoms with Crippen molar-refractivity contribution in [3.8, 4) is 0 Å². The van der Waals surface area contributed by atoms with Crippen LogP contribution in [-0.4, -0.2) is 0 Å². The van der Waals surface area contributed by atoms with Crippen molar-refractivity contribution in [2.24, 2.45) is 0 Å². The van der Waals surface area contributed by atoms with Gasteiger partial charge in [-0.15, -0.1) is 0 Å². The Labute approximate surface area is 93.2 Å². The predicted octanol–water partition coefficient (Wildman–Crippen LogP) is 4.07. The average molecular weight is 249 g/mol. The standard InChI is InChI=1S/C13H13Br/c1-8-3-2-4-11-10-6-5-9(10)7-12(14)13(8)11/h2,4,7-8H,3,5-6H2,1H3. The van der Waals surface area contributed by atoms with Gasteiger partial charge in [0.2, 0.25) is 0 Å². The second kappa shape index (κ2) is 2.96. The molecular formula is C13H13Br. The molecule has 1 unspecified atom stereocenters. The maximum absolute atomic E-state index is 3.71. The topological polar surface area (TPSA) is 0 Å². The van der Waals surface area contributed by atoms with E-state index in [1.54, 1.807) is 11.1 Å². The molecule has 14 heavy (non-hydrogen) atoms. The SMILES string of the molecule is CC1CC=Cc2c3c(cc(Br)c21)CC3. The summed E-state index contributed by atoms with van der Waals surface area (Å²) >= 11 is 3.71. The zero-order chi connectivity index (χ0) is 9.71. The molecule has 3 rings (SSSR count). The molecule has 1 aromatic carbocycles. The minimum atomic E-state index is 0.676. The Morgan fingerprint density at radius 1 is 1.36 bits per heavy atom. The number of allylic oxidation sites excluding steroid dienone is 1. The fraction of sp³-hybridized carbons (Fsp3) is 0.385. The van der Waals surface area contributed by atoms with Gasteiger partial charge < -0.3 is 0 Å². The van der Waals surface area contributed by atoms with Crippen molar-refractivity contribution in [3.05, 3.63) is 38.9 Å². The summed E-state index contributed by atoms with van der Waals surface area (Å²) in [7, 11) is 0. The molecule has 0 aromatic heterocycles. The van der Waals surface area contributed by atoms with Crippen LogP contribution in [0.25, 0.3) is 6.08 Å². The van der Waals surface area contributed by atoms with E-state index in [9.17, 15) is 0 Å². The van der Waals surface area contributed by atoms with Crippen molar-refractivity contribution in [3.63, 3.8) is 0 Å². The zero-order valence-electron chi connectivity index (χ0n) is 8.31. The van der Waals surface area contributed by atoms with Gasteiger partial charge in [-0.05, 0) is 53.5 Å². The molecular weight excluding hydrogens is 236 g/mol. The Morgan fingerprint density at radius 2 is 2.21 bits per heavy atom. The molecule has 0 saturated carbocycles. The van der Waals surface area contributed by atoms with Crippen molar-refractivity contribution in [1.82, 2.24) is 0 Å². The lowest BCUT2D eigenvalue weighted by atomic mass is 9.77. The second-order valence-electron chi connectivity index (χ2n) is 4.36. The van der Waals surface area contributed by atoms with E-state index in [2.05, 4.69) is 41.1 Å². The van der Waals surface area contributed by atoms with Crippen molar-refractivity contribution in [1.29, 1.82) is 0 Å². The van der Waals surface area contributed by atoms with E-state index in [1.165, 1.54) is 34.9 Å². The van der Waals surface area contributed by atoms with Gasteiger partial charge in [0.05, 0.1) is 0 Å². The van der Waals surface area contributed by atoms with Gasteiger partial charge >= 0.3 is 0 Å². The molecule has 0 amide bonds. The van der Waals surface area contributed by atoms with Crippen LogP contribution < -0.4 is 0 Å². The molecule has 72 valence electrons. The minimum Gasteiger partial charge on any atom is -0.0833 e. The number of hydrogen-bond donors (Lipinski definition) is 0. The molecule has 1 atom stereocenters. The normalized spacial score (nSPS) is 22.6. The third-order valence-corrected chi connectivity index (χ3v) is 4.13. The lowest BCUT2D eigenvalue weighted by Gasteiger charge is -2.29. The number of aryl methyl sites for hydroxylation is 1. The third kappa shape index (κ3) is 1.05. The van der Waals surface area contributed by atoms with Gasteiger partial charge in [-0.25, -0.2) is 0 Å². The van der Waals surface area contributed by atoms with E-state index in [-0.39, 0.29) is 0 Å². The molecule has 0 fully saturated rings. The van der Waals surface area contributed by atoms with Crippen molar-refractivity contribution >= 4 is 22.0 Å². The summed E-state index contributed by atoms with van der Waals surface area (Å²) in [4.78, 5) is 0. The zero-order valence-corrected chi connectivity index (χ0v) is 9.89. The van der Waals surface area contributed by atoms with Gasteiger partial charge in [0.1, 0.15) is 0 Å². The molecule has 0 radical (unpaired) electrons. The fourth-order valence-electron chi connectivity index (χ4n) is 2.58. The van der Waals surface area contributed by atoms with E-state index in [1.807, 2.05) is 0 Å². The van der Waals surface area contributed by atoms with E-state index < -0.39 is 0 Å². The largest absolute Gasteiger partial charge is 0.0833 e. The highest BCUT2D eigenvalue weighted by Crippen LogP contribution is 2.41. The van der Waals surface area contributed by atoms with Crippen LogP contribution in [0.5, 0.6) is 0 Å². The summed E-state index contributed by atoms with van der Waals surface area (Å²) in [5.74, 6) is 0.676. The molecule has 0 N–H and O–H groups in total. The molecule has 1 aromatic rings. The summed E-state index contributed by atoms with van der Waals surface area (Å²) in [5.41, 5.74) is 6.20. The first-order valence-electron chi connectivity index (χ1n) is 5.28. The van der Waals surface area contributed by atoms with Crippen molar-refractivity contribution < 1.29 is 0 Å². The Kier molecular flexibility index (Phi) is 1.85. The summed E-state index contributed by atoms with van der Waals surface area (Å²) < 4.78 is 1.32. The molecule has 2 aliphatic carbocycles. The van der Waals surface area contributed by atoms with Crippen LogP contribution in [0.15, 0.2) is 16.6 Å². The summed E-state index contributed by atoms with van der Waals surface area (Å²) in [6, 6.07) is 2.33. The quantitative estimate of drug-likeness (QED) is 0.650. The first kappa shape index (κ1) is 8.72. The van der Waals surface area contributed by atoms with E-state index in [4.69, 9.17) is 0 Å². The molecule has 0 spiro atoms. The molecule has 0 heterocycles. The summed E-state index contributed by atoms with van der Waals surface area (Å²) in [6.07, 6.45) is 8.37. The van der Waals surface area contributed by atoms with E-state index >= 15 is 0 Å². The molecule has 2 aliphatic rings. The van der Waals surface area contributed by atoms with Gasteiger partial charge in [0.25, 0.3) is 0 Å². The highest BCUT2D eigenvalue weighted by Gasteiger charge is 2.24. The van der Waals surface area contributed by atoms with Crippen LogP contribution in [-0.2, 0) is 12.8 Å². The first-order valence-corrected chi connectivity index (χ1v) is 6.07. The Balaban J connectivity index is 2.31. The van der Waals surface area contributed by atoms with E-state index in [0.29, 0.717) is 5.92 Å². The maximum atomic E-state index is 3.71. The van der Waals surface area contributed by atoms with Crippen LogP contribution in [0.1, 0.15) is 41.5 Å². The van der Waals surface area contributed by atoms with Gasteiger partial charge in [0.15, 0.2) is 0 Å². The lowest BCUT2D eigenvalue weighted by molar-refractivity contribution is 0.745. The molecule has 0 aliphatic heterocycles. The van der Waals surface area contributed by atoms with Crippen LogP contribution in [0.3, 0.4) is 0 Å². The second-order valence-corrected chi connectivity index (χ2v) is 5.22. The number of halogens is 1.